The first-order chi connectivity index (χ1) is 10.7. The van der Waals surface area contributed by atoms with E-state index in [-0.39, 0.29) is 11.3 Å². The van der Waals surface area contributed by atoms with Crippen molar-refractivity contribution in [2.75, 3.05) is 0 Å². The number of nitrogens with zero attached hydrogens (tertiary/aromatic N) is 5. The Balaban J connectivity index is 1.81. The van der Waals surface area contributed by atoms with Crippen molar-refractivity contribution >= 4 is 11.8 Å². The molecule has 0 N–H and O–H groups in total. The van der Waals surface area contributed by atoms with Gasteiger partial charge in [0.2, 0.25) is 0 Å². The number of aromatic nitrogens is 5. The van der Waals surface area contributed by atoms with Crippen molar-refractivity contribution in [1.29, 1.82) is 0 Å². The first-order valence-electron chi connectivity index (χ1n) is 6.38. The number of benzene rings is 1. The molecular formula is C14H11F2N5S. The van der Waals surface area contributed by atoms with Crippen LogP contribution in [0.25, 0.3) is 11.5 Å². The summed E-state index contributed by atoms with van der Waals surface area (Å²) in [4.78, 5) is 8.13. The third kappa shape index (κ3) is 2.82. The van der Waals surface area contributed by atoms with Crippen LogP contribution < -0.4 is 0 Å². The van der Waals surface area contributed by atoms with E-state index in [1.807, 2.05) is 0 Å². The zero-order valence-corrected chi connectivity index (χ0v) is 12.4. The molecule has 0 aliphatic heterocycles. The molecule has 1 aromatic carbocycles. The number of hydrogen-bond donors (Lipinski definition) is 0. The van der Waals surface area contributed by atoms with Gasteiger partial charge in [-0.25, -0.2) is 13.8 Å². The summed E-state index contributed by atoms with van der Waals surface area (Å²) in [5.74, 6) is -0.456. The molecule has 2 aromatic heterocycles. The smallest absolute Gasteiger partial charge is 0.191 e. The van der Waals surface area contributed by atoms with Crippen LogP contribution in [0.2, 0.25) is 0 Å². The second kappa shape index (κ2) is 6.18. The Morgan fingerprint density at radius 3 is 2.59 bits per heavy atom. The lowest BCUT2D eigenvalue weighted by atomic mass is 10.2. The van der Waals surface area contributed by atoms with Gasteiger partial charge in [-0.05, 0) is 12.1 Å². The first-order valence-corrected chi connectivity index (χ1v) is 7.37. The zero-order chi connectivity index (χ0) is 15.5. The van der Waals surface area contributed by atoms with E-state index in [0.29, 0.717) is 16.7 Å². The molecule has 0 atom stereocenters. The minimum Gasteiger partial charge on any atom is -0.304 e. The Hall–Kier alpha value is -2.35. The highest BCUT2D eigenvalue weighted by atomic mass is 32.2. The van der Waals surface area contributed by atoms with E-state index in [4.69, 9.17) is 0 Å². The van der Waals surface area contributed by atoms with E-state index in [2.05, 4.69) is 20.2 Å². The van der Waals surface area contributed by atoms with Crippen molar-refractivity contribution < 1.29 is 8.78 Å². The largest absolute Gasteiger partial charge is 0.304 e. The maximum Gasteiger partial charge on any atom is 0.191 e. The van der Waals surface area contributed by atoms with Gasteiger partial charge in [-0.15, -0.1) is 10.2 Å². The number of hydrogen-bond acceptors (Lipinski definition) is 5. The average molecular weight is 319 g/mol. The third-order valence-corrected chi connectivity index (χ3v) is 4.08. The predicted octanol–water partition coefficient (Wildman–Crippen LogP) is 2.84. The second-order valence-corrected chi connectivity index (χ2v) is 5.39. The van der Waals surface area contributed by atoms with Crippen LogP contribution in [0.5, 0.6) is 0 Å². The molecule has 112 valence electrons. The highest BCUT2D eigenvalue weighted by Crippen LogP contribution is 2.26. The van der Waals surface area contributed by atoms with Crippen molar-refractivity contribution in [3.63, 3.8) is 0 Å². The number of halogens is 2. The van der Waals surface area contributed by atoms with Gasteiger partial charge < -0.3 is 4.57 Å². The maximum absolute atomic E-state index is 13.6. The number of rotatable bonds is 4. The van der Waals surface area contributed by atoms with Gasteiger partial charge in [0.25, 0.3) is 0 Å². The van der Waals surface area contributed by atoms with Crippen LogP contribution in [-0.2, 0) is 12.8 Å². The topological polar surface area (TPSA) is 56.5 Å². The van der Waals surface area contributed by atoms with E-state index in [0.717, 1.165) is 0 Å². The molecule has 0 saturated carbocycles. The quantitative estimate of drug-likeness (QED) is 0.692. The normalized spacial score (nSPS) is 10.9. The standard InChI is InChI=1S/C14H11F2N5S/c1-21-13(12-7-17-5-6-18-12)19-20-14(21)22-8-9-10(15)3-2-4-11(9)16/h2-7H,8H2,1H3. The monoisotopic (exact) mass is 319 g/mol. The molecule has 5 nitrogen and oxygen atoms in total. The fourth-order valence-electron chi connectivity index (χ4n) is 1.89. The molecule has 0 saturated heterocycles. The van der Waals surface area contributed by atoms with Crippen LogP contribution in [-0.4, -0.2) is 24.7 Å². The van der Waals surface area contributed by atoms with Crippen molar-refractivity contribution in [3.8, 4) is 11.5 Å². The molecule has 22 heavy (non-hydrogen) atoms. The van der Waals surface area contributed by atoms with Crippen LogP contribution in [0.3, 0.4) is 0 Å². The highest BCUT2D eigenvalue weighted by Gasteiger charge is 2.14. The van der Waals surface area contributed by atoms with Gasteiger partial charge in [-0.1, -0.05) is 17.8 Å². The van der Waals surface area contributed by atoms with Crippen molar-refractivity contribution in [3.05, 3.63) is 54.0 Å². The molecule has 3 rings (SSSR count). The van der Waals surface area contributed by atoms with E-state index < -0.39 is 11.6 Å². The summed E-state index contributed by atoms with van der Waals surface area (Å²) >= 11 is 1.21. The van der Waals surface area contributed by atoms with Crippen molar-refractivity contribution in [2.24, 2.45) is 7.05 Å². The van der Waals surface area contributed by atoms with Gasteiger partial charge in [0.05, 0.1) is 6.20 Å². The molecular weight excluding hydrogens is 308 g/mol. The van der Waals surface area contributed by atoms with Gasteiger partial charge in [0, 0.05) is 30.8 Å². The summed E-state index contributed by atoms with van der Waals surface area (Å²) in [7, 11) is 1.77. The summed E-state index contributed by atoms with van der Waals surface area (Å²) in [6.07, 6.45) is 4.71. The molecule has 0 fully saturated rings. The zero-order valence-electron chi connectivity index (χ0n) is 11.6. The summed E-state index contributed by atoms with van der Waals surface area (Å²) in [6, 6.07) is 3.81. The molecule has 0 aliphatic carbocycles. The van der Waals surface area contributed by atoms with E-state index in [9.17, 15) is 8.78 Å². The number of thioether (sulfide) groups is 1. The summed E-state index contributed by atoms with van der Waals surface area (Å²) in [6.45, 7) is 0. The van der Waals surface area contributed by atoms with Crippen molar-refractivity contribution in [2.45, 2.75) is 10.9 Å². The van der Waals surface area contributed by atoms with E-state index in [1.165, 1.54) is 30.0 Å². The molecule has 0 bridgehead atoms. The van der Waals surface area contributed by atoms with Crippen LogP contribution in [0.15, 0.2) is 41.9 Å². The lowest BCUT2D eigenvalue weighted by molar-refractivity contribution is 0.566. The van der Waals surface area contributed by atoms with Gasteiger partial charge >= 0.3 is 0 Å². The van der Waals surface area contributed by atoms with Crippen LogP contribution in [0.1, 0.15) is 5.56 Å². The average Bonchev–Trinajstić information content (AvgIpc) is 2.89. The van der Waals surface area contributed by atoms with Gasteiger partial charge in [-0.3, -0.25) is 4.98 Å². The van der Waals surface area contributed by atoms with Crippen LogP contribution in [0.4, 0.5) is 8.78 Å². The maximum atomic E-state index is 13.6. The molecule has 8 heteroatoms. The Bertz CT molecular complexity index is 771. The lowest BCUT2D eigenvalue weighted by Gasteiger charge is -2.05. The lowest BCUT2D eigenvalue weighted by Crippen LogP contribution is -1.98. The molecule has 3 aromatic rings. The van der Waals surface area contributed by atoms with E-state index in [1.54, 1.807) is 30.2 Å². The van der Waals surface area contributed by atoms with Gasteiger partial charge in [-0.2, -0.15) is 0 Å². The third-order valence-electron chi connectivity index (χ3n) is 3.03. The SMILES string of the molecule is Cn1c(SCc2c(F)cccc2F)nnc1-c1cnccn1. The fourth-order valence-corrected chi connectivity index (χ4v) is 2.81. The fraction of sp³-hybridized carbons (Fsp3) is 0.143. The molecule has 2 heterocycles. The highest BCUT2D eigenvalue weighted by molar-refractivity contribution is 7.98. The van der Waals surface area contributed by atoms with Gasteiger partial charge in [0.1, 0.15) is 17.3 Å². The van der Waals surface area contributed by atoms with Crippen LogP contribution in [0, 0.1) is 11.6 Å². The van der Waals surface area contributed by atoms with Gasteiger partial charge in [0.15, 0.2) is 11.0 Å². The minimum absolute atomic E-state index is 0.0246. The summed E-state index contributed by atoms with van der Waals surface area (Å²) in [5.41, 5.74) is 0.609. The predicted molar refractivity (Wildman–Crippen MR) is 77.9 cm³/mol. The minimum atomic E-state index is -0.566. The molecule has 0 amide bonds. The molecule has 0 radical (unpaired) electrons. The summed E-state index contributed by atoms with van der Waals surface area (Å²) in [5, 5.41) is 8.62. The Labute approximate surface area is 129 Å². The Morgan fingerprint density at radius 2 is 1.91 bits per heavy atom. The Morgan fingerprint density at radius 1 is 1.14 bits per heavy atom. The van der Waals surface area contributed by atoms with E-state index >= 15 is 0 Å². The first kappa shape index (κ1) is 14.6. The Kier molecular flexibility index (Phi) is 4.10. The van der Waals surface area contributed by atoms with Crippen molar-refractivity contribution in [1.82, 2.24) is 24.7 Å². The molecule has 0 unspecified atom stereocenters. The van der Waals surface area contributed by atoms with Crippen LogP contribution >= 0.6 is 11.8 Å². The molecule has 0 spiro atoms. The summed E-state index contributed by atoms with van der Waals surface area (Å²) < 4.78 is 28.9. The second-order valence-electron chi connectivity index (χ2n) is 4.44. The molecule has 0 aliphatic rings.